The van der Waals surface area contributed by atoms with Crippen LogP contribution in [0.5, 0.6) is 0 Å². The van der Waals surface area contributed by atoms with Gasteiger partial charge < -0.3 is 0 Å². The Balaban J connectivity index is 1.80. The number of rotatable bonds is 5. The second-order valence-electron chi connectivity index (χ2n) is 8.57. The first-order valence-electron chi connectivity index (χ1n) is 11.9. The minimum absolute atomic E-state index is 0.403. The molecule has 0 saturated carbocycles. The normalized spacial score (nSPS) is 14.6. The van der Waals surface area contributed by atoms with Crippen LogP contribution in [0.25, 0.3) is 11.4 Å². The Bertz CT molecular complexity index is 1450. The highest BCUT2D eigenvalue weighted by molar-refractivity contribution is 6.25. The molecule has 0 amide bonds. The summed E-state index contributed by atoms with van der Waals surface area (Å²) in [4.78, 5) is 5.46. The van der Waals surface area contributed by atoms with E-state index < -0.39 is 0 Å². The van der Waals surface area contributed by atoms with E-state index in [2.05, 4.69) is 152 Å². The van der Waals surface area contributed by atoms with Gasteiger partial charge in [0.25, 0.3) is 5.84 Å². The summed E-state index contributed by atoms with van der Waals surface area (Å²) in [5, 5.41) is 0. The van der Waals surface area contributed by atoms with Gasteiger partial charge in [0.2, 0.25) is 0 Å². The van der Waals surface area contributed by atoms with Crippen molar-refractivity contribution in [2.45, 2.75) is 0 Å². The predicted molar refractivity (Wildman–Crippen MR) is 147 cm³/mol. The second-order valence-corrected chi connectivity index (χ2v) is 8.57. The van der Waals surface area contributed by atoms with Crippen molar-refractivity contribution in [3.05, 3.63) is 168 Å². The summed E-state index contributed by atoms with van der Waals surface area (Å²) in [7, 11) is 0. The molecular formula is C33H25N2+. The van der Waals surface area contributed by atoms with Gasteiger partial charge in [0.15, 0.2) is 5.70 Å². The fourth-order valence-electron chi connectivity index (χ4n) is 5.02. The predicted octanol–water partition coefficient (Wildman–Crippen LogP) is 8.31. The van der Waals surface area contributed by atoms with E-state index in [4.69, 9.17) is 4.99 Å². The number of para-hydroxylation sites is 2. The summed E-state index contributed by atoms with van der Waals surface area (Å²) < 4.78 is 0.403. The summed E-state index contributed by atoms with van der Waals surface area (Å²) in [5.74, 6) is 0.987. The third kappa shape index (κ3) is 3.52. The molecule has 0 bridgehead atoms. The largest absolute Gasteiger partial charge is 0.251 e. The maximum absolute atomic E-state index is 5.46. The molecule has 0 aliphatic carbocycles. The highest BCUT2D eigenvalue weighted by Crippen LogP contribution is 2.52. The van der Waals surface area contributed by atoms with Gasteiger partial charge >= 0.3 is 0 Å². The highest BCUT2D eigenvalue weighted by Gasteiger charge is 2.51. The van der Waals surface area contributed by atoms with E-state index in [0.717, 1.165) is 45.3 Å². The lowest BCUT2D eigenvalue weighted by Gasteiger charge is -2.36. The van der Waals surface area contributed by atoms with Gasteiger partial charge in [0, 0.05) is 35.4 Å². The van der Waals surface area contributed by atoms with Crippen molar-refractivity contribution in [3.63, 3.8) is 0 Å². The zero-order valence-corrected chi connectivity index (χ0v) is 19.3. The van der Waals surface area contributed by atoms with E-state index in [-0.39, 0.29) is 0 Å². The lowest BCUT2D eigenvalue weighted by Crippen LogP contribution is -2.46. The molecule has 0 fully saturated rings. The first kappa shape index (κ1) is 21.0. The van der Waals surface area contributed by atoms with Gasteiger partial charge in [-0.25, -0.2) is 0 Å². The van der Waals surface area contributed by atoms with Crippen LogP contribution in [-0.2, 0) is 0 Å². The topological polar surface area (TPSA) is 12.4 Å². The quantitative estimate of drug-likeness (QED) is 0.239. The highest BCUT2D eigenvalue weighted by atomic mass is 15.4. The van der Waals surface area contributed by atoms with Crippen LogP contribution in [0.3, 0.4) is 0 Å². The first-order valence-corrected chi connectivity index (χ1v) is 11.9. The number of hydrogen-bond donors (Lipinski definition) is 0. The standard InChI is InChI=1S/C33H25N2/c1-6-16-26(17-7-1)31-32(27-18-8-2-9-19-27)35(29-22-12-4-13-23-29,30-24-14-5-15-25-30)33(34-31)28-20-10-3-11-21-28/h1-25H/q+1. The second kappa shape index (κ2) is 9.02. The van der Waals surface area contributed by atoms with Crippen molar-refractivity contribution in [2.24, 2.45) is 4.99 Å². The number of aliphatic imine (C=N–C) groups is 1. The van der Waals surface area contributed by atoms with E-state index in [9.17, 15) is 0 Å². The first-order chi connectivity index (χ1) is 17.4. The zero-order valence-electron chi connectivity index (χ0n) is 19.3. The molecule has 1 aliphatic heterocycles. The monoisotopic (exact) mass is 449 g/mol. The third-order valence-electron chi connectivity index (χ3n) is 6.51. The van der Waals surface area contributed by atoms with E-state index in [1.165, 1.54) is 0 Å². The molecule has 0 atom stereocenters. The third-order valence-corrected chi connectivity index (χ3v) is 6.51. The molecule has 0 unspecified atom stereocenters. The molecule has 6 rings (SSSR count). The van der Waals surface area contributed by atoms with Gasteiger partial charge in [-0.3, -0.25) is 0 Å². The molecule has 1 aliphatic rings. The van der Waals surface area contributed by atoms with Crippen molar-refractivity contribution < 1.29 is 0 Å². The molecule has 35 heavy (non-hydrogen) atoms. The molecule has 2 nitrogen and oxygen atoms in total. The van der Waals surface area contributed by atoms with E-state index in [1.807, 2.05) is 0 Å². The Morgan fingerprint density at radius 2 is 0.743 bits per heavy atom. The maximum atomic E-state index is 5.46. The molecule has 166 valence electrons. The van der Waals surface area contributed by atoms with E-state index in [0.29, 0.717) is 4.48 Å². The Morgan fingerprint density at radius 1 is 0.371 bits per heavy atom. The average molecular weight is 450 g/mol. The lowest BCUT2D eigenvalue weighted by atomic mass is 9.99. The Morgan fingerprint density at radius 3 is 1.20 bits per heavy atom. The van der Waals surface area contributed by atoms with E-state index >= 15 is 0 Å². The summed E-state index contributed by atoms with van der Waals surface area (Å²) in [6, 6.07) is 53.2. The molecule has 2 heteroatoms. The SMILES string of the molecule is c1ccc(C2=NC(c3ccccc3)=C(c3ccccc3)[N+]2(c2ccccc2)c2ccccc2)cc1. The Labute approximate surface area is 206 Å². The van der Waals surface area contributed by atoms with Gasteiger partial charge in [0.1, 0.15) is 17.1 Å². The van der Waals surface area contributed by atoms with Gasteiger partial charge in [-0.1, -0.05) is 103 Å². The van der Waals surface area contributed by atoms with Crippen LogP contribution < -0.4 is 4.48 Å². The van der Waals surface area contributed by atoms with Gasteiger partial charge in [-0.15, -0.1) is 0 Å². The fraction of sp³-hybridized carbons (Fsp3) is 0. The summed E-state index contributed by atoms with van der Waals surface area (Å²) >= 11 is 0. The van der Waals surface area contributed by atoms with Crippen molar-refractivity contribution in [1.29, 1.82) is 0 Å². The Hall–Kier alpha value is -4.53. The van der Waals surface area contributed by atoms with Crippen LogP contribution in [0.1, 0.15) is 16.7 Å². The number of benzene rings is 5. The minimum Gasteiger partial charge on any atom is -0.188 e. The summed E-state index contributed by atoms with van der Waals surface area (Å²) in [6.07, 6.45) is 0. The van der Waals surface area contributed by atoms with Gasteiger partial charge in [-0.05, 0) is 24.3 Å². The lowest BCUT2D eigenvalue weighted by molar-refractivity contribution is 0.775. The minimum atomic E-state index is 0.403. The van der Waals surface area contributed by atoms with Crippen molar-refractivity contribution in [1.82, 2.24) is 4.48 Å². The molecule has 5 aromatic carbocycles. The molecule has 0 N–H and O–H groups in total. The van der Waals surface area contributed by atoms with Gasteiger partial charge in [-0.2, -0.15) is 9.48 Å². The van der Waals surface area contributed by atoms with Crippen LogP contribution >= 0.6 is 0 Å². The Kier molecular flexibility index (Phi) is 5.42. The molecule has 0 spiro atoms. The number of hydrogen-bond acceptors (Lipinski definition) is 1. The van der Waals surface area contributed by atoms with Gasteiger partial charge in [0.05, 0.1) is 5.56 Å². The molecular weight excluding hydrogens is 424 g/mol. The molecule has 1 heterocycles. The summed E-state index contributed by atoms with van der Waals surface area (Å²) in [5.41, 5.74) is 7.77. The van der Waals surface area contributed by atoms with Crippen molar-refractivity contribution in [3.8, 4) is 0 Å². The number of amidine groups is 1. The van der Waals surface area contributed by atoms with Crippen LogP contribution in [0, 0.1) is 0 Å². The van der Waals surface area contributed by atoms with Crippen molar-refractivity contribution >= 4 is 28.6 Å². The number of nitrogens with zero attached hydrogens (tertiary/aromatic N) is 2. The summed E-state index contributed by atoms with van der Waals surface area (Å²) in [6.45, 7) is 0. The molecule has 0 aromatic heterocycles. The maximum Gasteiger partial charge on any atom is 0.251 e. The average Bonchev–Trinajstić information content (AvgIpc) is 3.32. The molecule has 0 saturated heterocycles. The fourth-order valence-corrected chi connectivity index (χ4v) is 5.02. The van der Waals surface area contributed by atoms with Crippen molar-refractivity contribution in [2.75, 3.05) is 0 Å². The van der Waals surface area contributed by atoms with Crippen LogP contribution in [0.2, 0.25) is 0 Å². The van der Waals surface area contributed by atoms with Crippen LogP contribution in [0.4, 0.5) is 11.4 Å². The zero-order chi connectivity index (χ0) is 23.5. The smallest absolute Gasteiger partial charge is 0.188 e. The van der Waals surface area contributed by atoms with Crippen LogP contribution in [0.15, 0.2) is 157 Å². The molecule has 0 radical (unpaired) electrons. The van der Waals surface area contributed by atoms with Crippen LogP contribution in [-0.4, -0.2) is 5.84 Å². The van der Waals surface area contributed by atoms with E-state index in [1.54, 1.807) is 0 Å². The molecule has 5 aromatic rings. The number of quaternary nitrogens is 1.